The number of nitrogens with zero attached hydrogens (tertiary/aromatic N) is 2. The molecule has 1 saturated heterocycles. The van der Waals surface area contributed by atoms with E-state index in [1.807, 2.05) is 6.07 Å². The molecule has 1 heterocycles. The van der Waals surface area contributed by atoms with E-state index in [2.05, 4.69) is 27.8 Å². The molecule has 1 aliphatic heterocycles. The maximum absolute atomic E-state index is 10.9. The van der Waals surface area contributed by atoms with E-state index >= 15 is 0 Å². The number of anilines is 1. The van der Waals surface area contributed by atoms with E-state index in [1.54, 1.807) is 19.2 Å². The van der Waals surface area contributed by atoms with E-state index in [0.29, 0.717) is 11.2 Å². The lowest BCUT2D eigenvalue weighted by Crippen LogP contribution is -2.44. The molecule has 110 valence electrons. The summed E-state index contributed by atoms with van der Waals surface area (Å²) in [6, 6.07) is 5.06. The smallest absolute Gasteiger partial charge is 0.269 e. The van der Waals surface area contributed by atoms with Crippen LogP contribution in [0.25, 0.3) is 0 Å². The van der Waals surface area contributed by atoms with Gasteiger partial charge in [0.1, 0.15) is 0 Å². The van der Waals surface area contributed by atoms with E-state index in [-0.39, 0.29) is 16.7 Å². The number of hydrogen-bond donors (Lipinski definition) is 0. The number of hydrogen-bond acceptors (Lipinski definition) is 4. The maximum atomic E-state index is 10.9. The third-order valence-electron chi connectivity index (χ3n) is 3.95. The zero-order chi connectivity index (χ0) is 14.7. The average molecular weight is 343 g/mol. The maximum Gasteiger partial charge on any atom is 0.269 e. The second-order valence-corrected chi connectivity index (χ2v) is 5.75. The van der Waals surface area contributed by atoms with Gasteiger partial charge >= 0.3 is 0 Å². The Bertz CT molecular complexity index is 495. The first-order valence-electron chi connectivity index (χ1n) is 6.67. The van der Waals surface area contributed by atoms with Gasteiger partial charge in [0.2, 0.25) is 0 Å². The molecule has 6 heteroatoms. The number of rotatable bonds is 4. The molecule has 1 aromatic carbocycles. The van der Waals surface area contributed by atoms with Crippen molar-refractivity contribution < 1.29 is 9.66 Å². The van der Waals surface area contributed by atoms with Crippen molar-refractivity contribution >= 4 is 27.3 Å². The molecule has 1 aliphatic rings. The second-order valence-electron chi connectivity index (χ2n) is 5.19. The number of non-ortho nitro benzene ring substituents is 1. The van der Waals surface area contributed by atoms with Gasteiger partial charge in [0.25, 0.3) is 5.69 Å². The Kier molecular flexibility index (Phi) is 4.99. The summed E-state index contributed by atoms with van der Waals surface area (Å²) < 4.78 is 5.53. The Morgan fingerprint density at radius 2 is 2.30 bits per heavy atom. The fourth-order valence-corrected chi connectivity index (χ4v) is 3.11. The molecular weight excluding hydrogens is 324 g/mol. The van der Waals surface area contributed by atoms with Gasteiger partial charge in [0.15, 0.2) is 0 Å². The number of piperidine rings is 1. The van der Waals surface area contributed by atoms with Crippen molar-refractivity contribution in [1.29, 1.82) is 0 Å². The number of methoxy groups -OCH3 is 1. The van der Waals surface area contributed by atoms with Gasteiger partial charge in [-0.15, -0.1) is 0 Å². The molecule has 1 fully saturated rings. The standard InChI is InChI=1S/C14H19BrN2O3/c1-10-5-6-16(9-14(10)20-2)13-4-3-12(17(18)19)7-11(13)8-15/h3-4,7,10,14H,5-6,8-9H2,1-2H3. The molecule has 0 bridgehead atoms. The lowest BCUT2D eigenvalue weighted by atomic mass is 9.95. The largest absolute Gasteiger partial charge is 0.379 e. The van der Waals surface area contributed by atoms with Crippen LogP contribution in [0.15, 0.2) is 18.2 Å². The number of nitro groups is 1. The molecular formula is C14H19BrN2O3. The van der Waals surface area contributed by atoms with Crippen molar-refractivity contribution in [2.45, 2.75) is 24.8 Å². The molecule has 2 rings (SSSR count). The van der Waals surface area contributed by atoms with Crippen molar-refractivity contribution in [3.05, 3.63) is 33.9 Å². The number of ether oxygens (including phenoxy) is 1. The zero-order valence-corrected chi connectivity index (χ0v) is 13.3. The summed E-state index contributed by atoms with van der Waals surface area (Å²) in [4.78, 5) is 12.8. The third-order valence-corrected chi connectivity index (χ3v) is 4.55. The molecule has 2 unspecified atom stereocenters. The molecule has 5 nitrogen and oxygen atoms in total. The van der Waals surface area contributed by atoms with Gasteiger partial charge in [-0.1, -0.05) is 22.9 Å². The van der Waals surface area contributed by atoms with Crippen LogP contribution in [0.2, 0.25) is 0 Å². The first kappa shape index (κ1) is 15.3. The van der Waals surface area contributed by atoms with Gasteiger partial charge in [0.05, 0.1) is 11.0 Å². The van der Waals surface area contributed by atoms with Crippen LogP contribution in [0.3, 0.4) is 0 Å². The lowest BCUT2D eigenvalue weighted by Gasteiger charge is -2.38. The summed E-state index contributed by atoms with van der Waals surface area (Å²) in [5, 5.41) is 11.5. The molecule has 0 aliphatic carbocycles. The topological polar surface area (TPSA) is 55.6 Å². The number of nitro benzene ring substituents is 1. The molecule has 0 aromatic heterocycles. The van der Waals surface area contributed by atoms with Crippen LogP contribution in [0.4, 0.5) is 11.4 Å². The quantitative estimate of drug-likeness (QED) is 0.478. The molecule has 0 saturated carbocycles. The minimum absolute atomic E-state index is 0.136. The predicted octanol–water partition coefficient (Wildman–Crippen LogP) is 3.35. The van der Waals surface area contributed by atoms with Crippen LogP contribution in [0, 0.1) is 16.0 Å². The summed E-state index contributed by atoms with van der Waals surface area (Å²) >= 11 is 3.42. The molecule has 0 N–H and O–H groups in total. The van der Waals surface area contributed by atoms with Gasteiger partial charge in [0, 0.05) is 43.3 Å². The Morgan fingerprint density at radius 1 is 1.55 bits per heavy atom. The van der Waals surface area contributed by atoms with Crippen LogP contribution in [0.5, 0.6) is 0 Å². The SMILES string of the molecule is COC1CN(c2ccc([N+](=O)[O-])cc2CBr)CCC1C. The Morgan fingerprint density at radius 3 is 2.90 bits per heavy atom. The van der Waals surface area contributed by atoms with E-state index < -0.39 is 0 Å². The summed E-state index contributed by atoms with van der Waals surface area (Å²) in [7, 11) is 1.74. The molecule has 1 aromatic rings. The Hall–Kier alpha value is -1.14. The minimum atomic E-state index is -0.355. The zero-order valence-electron chi connectivity index (χ0n) is 11.7. The minimum Gasteiger partial charge on any atom is -0.379 e. The average Bonchev–Trinajstić information content (AvgIpc) is 2.47. The third kappa shape index (κ3) is 3.12. The van der Waals surface area contributed by atoms with Crippen LogP contribution >= 0.6 is 15.9 Å². The monoisotopic (exact) mass is 342 g/mol. The van der Waals surface area contributed by atoms with Gasteiger partial charge in [-0.25, -0.2) is 0 Å². The van der Waals surface area contributed by atoms with Crippen molar-refractivity contribution in [2.24, 2.45) is 5.92 Å². The molecule has 20 heavy (non-hydrogen) atoms. The highest BCUT2D eigenvalue weighted by Gasteiger charge is 2.27. The van der Waals surface area contributed by atoms with Crippen LogP contribution < -0.4 is 4.90 Å². The number of halogens is 1. The first-order valence-corrected chi connectivity index (χ1v) is 7.80. The van der Waals surface area contributed by atoms with Crippen LogP contribution in [-0.2, 0) is 10.1 Å². The van der Waals surface area contributed by atoms with E-state index in [1.165, 1.54) is 0 Å². The normalized spacial score (nSPS) is 22.9. The van der Waals surface area contributed by atoms with Crippen molar-refractivity contribution in [3.8, 4) is 0 Å². The highest BCUT2D eigenvalue weighted by molar-refractivity contribution is 9.08. The van der Waals surface area contributed by atoms with Crippen LogP contribution in [-0.4, -0.2) is 31.2 Å². The van der Waals surface area contributed by atoms with Gasteiger partial charge in [-0.3, -0.25) is 10.1 Å². The Balaban J connectivity index is 2.26. The molecule has 0 spiro atoms. The lowest BCUT2D eigenvalue weighted by molar-refractivity contribution is -0.384. The van der Waals surface area contributed by atoms with E-state index in [0.717, 1.165) is 30.8 Å². The Labute approximate surface area is 127 Å². The van der Waals surface area contributed by atoms with Gasteiger partial charge in [-0.2, -0.15) is 0 Å². The van der Waals surface area contributed by atoms with Crippen molar-refractivity contribution in [3.63, 3.8) is 0 Å². The van der Waals surface area contributed by atoms with E-state index in [9.17, 15) is 10.1 Å². The number of benzene rings is 1. The predicted molar refractivity (Wildman–Crippen MR) is 82.5 cm³/mol. The fraction of sp³-hybridized carbons (Fsp3) is 0.571. The van der Waals surface area contributed by atoms with Crippen LogP contribution in [0.1, 0.15) is 18.9 Å². The summed E-state index contributed by atoms with van der Waals surface area (Å²) in [5.41, 5.74) is 2.14. The molecule has 0 radical (unpaired) electrons. The summed E-state index contributed by atoms with van der Waals surface area (Å²) in [6.45, 7) is 3.99. The summed E-state index contributed by atoms with van der Waals surface area (Å²) in [6.07, 6.45) is 1.28. The van der Waals surface area contributed by atoms with Gasteiger partial charge < -0.3 is 9.64 Å². The molecule has 0 amide bonds. The first-order chi connectivity index (χ1) is 9.56. The fourth-order valence-electron chi connectivity index (χ4n) is 2.66. The van der Waals surface area contributed by atoms with Crippen molar-refractivity contribution in [1.82, 2.24) is 0 Å². The highest BCUT2D eigenvalue weighted by atomic mass is 79.9. The highest BCUT2D eigenvalue weighted by Crippen LogP contribution is 2.31. The second kappa shape index (κ2) is 6.54. The number of alkyl halides is 1. The van der Waals surface area contributed by atoms with E-state index in [4.69, 9.17) is 4.74 Å². The van der Waals surface area contributed by atoms with Crippen molar-refractivity contribution in [2.75, 3.05) is 25.1 Å². The summed E-state index contributed by atoms with van der Waals surface area (Å²) in [5.74, 6) is 0.543. The van der Waals surface area contributed by atoms with Gasteiger partial charge in [-0.05, 0) is 24.0 Å². The molecule has 2 atom stereocenters.